The minimum absolute atomic E-state index is 0.196. The molecule has 1 nitrogen and oxygen atoms in total. The molecule has 1 aliphatic rings. The first-order valence-electron chi connectivity index (χ1n) is 6.05. The maximum atomic E-state index is 13.4. The third-order valence-corrected chi connectivity index (χ3v) is 4.19. The van der Waals surface area contributed by atoms with Gasteiger partial charge in [-0.2, -0.15) is 0 Å². The monoisotopic (exact) mass is 255 g/mol. The van der Waals surface area contributed by atoms with Crippen LogP contribution in [0.25, 0.3) is 0 Å². The van der Waals surface area contributed by atoms with E-state index in [1.807, 2.05) is 13.1 Å². The van der Waals surface area contributed by atoms with Gasteiger partial charge in [-0.05, 0) is 48.9 Å². The highest BCUT2D eigenvalue weighted by Crippen LogP contribution is 2.53. The first kappa shape index (κ1) is 12.8. The summed E-state index contributed by atoms with van der Waals surface area (Å²) in [6.07, 6.45) is 2.10. The highest BCUT2D eigenvalue weighted by atomic mass is 35.5. The van der Waals surface area contributed by atoms with E-state index in [-0.39, 0.29) is 10.8 Å². The fourth-order valence-corrected chi connectivity index (χ4v) is 2.68. The summed E-state index contributed by atoms with van der Waals surface area (Å²) < 4.78 is 13.4. The van der Waals surface area contributed by atoms with E-state index < -0.39 is 0 Å². The second-order valence-corrected chi connectivity index (χ2v) is 6.05. The fourth-order valence-electron chi connectivity index (χ4n) is 2.56. The summed E-state index contributed by atoms with van der Waals surface area (Å²) >= 11 is 5.68. The standard InChI is InChI=1S/C14H19ClFN/c1-14(2)8-10(14)13(17-3)7-9-4-5-11(15)12(16)6-9/h4-6,10,13,17H,7-8H2,1-3H3. The largest absolute Gasteiger partial charge is 0.316 e. The number of nitrogens with one attached hydrogen (secondary N) is 1. The molecule has 1 fully saturated rings. The molecule has 0 aromatic heterocycles. The zero-order valence-corrected chi connectivity index (χ0v) is 11.3. The average Bonchev–Trinajstić information content (AvgIpc) is 2.89. The second kappa shape index (κ2) is 4.58. The van der Waals surface area contributed by atoms with E-state index in [9.17, 15) is 4.39 Å². The quantitative estimate of drug-likeness (QED) is 0.866. The summed E-state index contributed by atoms with van der Waals surface area (Å²) in [5, 5.41) is 3.54. The summed E-state index contributed by atoms with van der Waals surface area (Å²) in [4.78, 5) is 0. The molecule has 0 aliphatic heterocycles. The van der Waals surface area contributed by atoms with Crippen LogP contribution in [0.2, 0.25) is 5.02 Å². The highest BCUT2D eigenvalue weighted by molar-refractivity contribution is 6.30. The SMILES string of the molecule is CNC(Cc1ccc(Cl)c(F)c1)C1CC1(C)C. The molecule has 1 saturated carbocycles. The Labute approximate surface area is 107 Å². The first-order valence-corrected chi connectivity index (χ1v) is 6.43. The Morgan fingerprint density at radius 1 is 1.53 bits per heavy atom. The van der Waals surface area contributed by atoms with Crippen LogP contribution in [0.15, 0.2) is 18.2 Å². The zero-order valence-electron chi connectivity index (χ0n) is 10.6. The van der Waals surface area contributed by atoms with Crippen molar-refractivity contribution < 1.29 is 4.39 Å². The molecule has 0 radical (unpaired) electrons. The normalized spacial score (nSPS) is 23.5. The number of halogens is 2. The van der Waals surface area contributed by atoms with Gasteiger partial charge in [0.2, 0.25) is 0 Å². The molecule has 0 bridgehead atoms. The molecule has 2 atom stereocenters. The van der Waals surface area contributed by atoms with Gasteiger partial charge in [0.05, 0.1) is 5.02 Å². The summed E-state index contributed by atoms with van der Waals surface area (Å²) in [7, 11) is 1.98. The smallest absolute Gasteiger partial charge is 0.142 e. The Hall–Kier alpha value is -0.600. The Morgan fingerprint density at radius 2 is 2.18 bits per heavy atom. The maximum absolute atomic E-state index is 13.4. The van der Waals surface area contributed by atoms with Gasteiger partial charge < -0.3 is 5.32 Å². The van der Waals surface area contributed by atoms with Crippen LogP contribution in [0.3, 0.4) is 0 Å². The van der Waals surface area contributed by atoms with Crippen molar-refractivity contribution in [3.63, 3.8) is 0 Å². The lowest BCUT2D eigenvalue weighted by atomic mass is 9.97. The molecule has 94 valence electrons. The van der Waals surface area contributed by atoms with Crippen molar-refractivity contribution in [2.45, 2.75) is 32.7 Å². The van der Waals surface area contributed by atoms with E-state index in [1.54, 1.807) is 12.1 Å². The van der Waals surface area contributed by atoms with Crippen LogP contribution in [-0.4, -0.2) is 13.1 Å². The molecule has 0 saturated heterocycles. The third kappa shape index (κ3) is 2.80. The first-order chi connectivity index (χ1) is 7.94. The molecular weight excluding hydrogens is 237 g/mol. The van der Waals surface area contributed by atoms with E-state index in [1.165, 1.54) is 6.42 Å². The predicted octanol–water partition coefficient (Wildman–Crippen LogP) is 3.66. The van der Waals surface area contributed by atoms with Crippen LogP contribution in [0.4, 0.5) is 4.39 Å². The van der Waals surface area contributed by atoms with Gasteiger partial charge in [0.25, 0.3) is 0 Å². The van der Waals surface area contributed by atoms with E-state index in [2.05, 4.69) is 19.2 Å². The van der Waals surface area contributed by atoms with Gasteiger partial charge in [0.1, 0.15) is 5.82 Å². The van der Waals surface area contributed by atoms with Gasteiger partial charge >= 0.3 is 0 Å². The average molecular weight is 256 g/mol. The lowest BCUT2D eigenvalue weighted by Gasteiger charge is -2.18. The lowest BCUT2D eigenvalue weighted by Crippen LogP contribution is -2.31. The van der Waals surface area contributed by atoms with E-state index >= 15 is 0 Å². The fraction of sp³-hybridized carbons (Fsp3) is 0.571. The van der Waals surface area contributed by atoms with Crippen molar-refractivity contribution >= 4 is 11.6 Å². The summed E-state index contributed by atoms with van der Waals surface area (Å²) in [5.74, 6) is 0.361. The molecule has 17 heavy (non-hydrogen) atoms. The van der Waals surface area contributed by atoms with Gasteiger partial charge in [-0.15, -0.1) is 0 Å². The highest BCUT2D eigenvalue weighted by Gasteiger charge is 2.49. The van der Waals surface area contributed by atoms with Crippen molar-refractivity contribution in [3.05, 3.63) is 34.6 Å². The molecule has 3 heteroatoms. The molecule has 0 amide bonds. The molecule has 2 rings (SSSR count). The van der Waals surface area contributed by atoms with Gasteiger partial charge in [-0.25, -0.2) is 4.39 Å². The number of hydrogen-bond donors (Lipinski definition) is 1. The second-order valence-electron chi connectivity index (χ2n) is 5.65. The van der Waals surface area contributed by atoms with Gasteiger partial charge in [0.15, 0.2) is 0 Å². The summed E-state index contributed by atoms with van der Waals surface area (Å²) in [5.41, 5.74) is 1.44. The van der Waals surface area contributed by atoms with E-state index in [0.717, 1.165) is 12.0 Å². The molecular formula is C14H19ClFN. The van der Waals surface area contributed by atoms with Crippen molar-refractivity contribution in [2.75, 3.05) is 7.05 Å². The van der Waals surface area contributed by atoms with Crippen molar-refractivity contribution in [1.82, 2.24) is 5.32 Å². The van der Waals surface area contributed by atoms with Gasteiger partial charge in [0, 0.05) is 6.04 Å². The molecule has 1 aromatic rings. The van der Waals surface area contributed by atoms with Crippen LogP contribution >= 0.6 is 11.6 Å². The summed E-state index contributed by atoms with van der Waals surface area (Å²) in [6, 6.07) is 5.51. The van der Waals surface area contributed by atoms with Crippen LogP contribution in [0, 0.1) is 17.2 Å². The maximum Gasteiger partial charge on any atom is 0.142 e. The van der Waals surface area contributed by atoms with Crippen molar-refractivity contribution in [1.29, 1.82) is 0 Å². The van der Waals surface area contributed by atoms with Crippen molar-refractivity contribution in [2.24, 2.45) is 11.3 Å². The number of hydrogen-bond acceptors (Lipinski definition) is 1. The molecule has 1 aromatic carbocycles. The molecule has 1 aliphatic carbocycles. The van der Waals surface area contributed by atoms with Crippen LogP contribution in [0.5, 0.6) is 0 Å². The molecule has 2 unspecified atom stereocenters. The Bertz CT molecular complexity index is 417. The van der Waals surface area contributed by atoms with E-state index in [4.69, 9.17) is 11.6 Å². The Morgan fingerprint density at radius 3 is 2.65 bits per heavy atom. The van der Waals surface area contributed by atoms with Crippen molar-refractivity contribution in [3.8, 4) is 0 Å². The third-order valence-electron chi connectivity index (χ3n) is 3.89. The Kier molecular flexibility index (Phi) is 3.46. The van der Waals surface area contributed by atoms with Crippen LogP contribution in [0.1, 0.15) is 25.8 Å². The number of benzene rings is 1. The topological polar surface area (TPSA) is 12.0 Å². The molecule has 1 N–H and O–H groups in total. The zero-order chi connectivity index (χ0) is 12.6. The lowest BCUT2D eigenvalue weighted by molar-refractivity contribution is 0.425. The molecule has 0 heterocycles. The Balaban J connectivity index is 2.06. The number of rotatable bonds is 4. The number of likely N-dealkylation sites (N-methyl/N-ethyl adjacent to an activating group) is 1. The van der Waals surface area contributed by atoms with Gasteiger partial charge in [-0.1, -0.05) is 31.5 Å². The van der Waals surface area contributed by atoms with Crippen LogP contribution < -0.4 is 5.32 Å². The van der Waals surface area contributed by atoms with Gasteiger partial charge in [-0.3, -0.25) is 0 Å². The van der Waals surface area contributed by atoms with E-state index in [0.29, 0.717) is 17.4 Å². The summed E-state index contributed by atoms with van der Waals surface area (Å²) in [6.45, 7) is 4.56. The predicted molar refractivity (Wildman–Crippen MR) is 69.8 cm³/mol. The minimum Gasteiger partial charge on any atom is -0.316 e. The minimum atomic E-state index is -0.325. The molecule has 0 spiro atoms. The van der Waals surface area contributed by atoms with Crippen LogP contribution in [-0.2, 0) is 6.42 Å².